The SMILES string of the molecule is Cc1cc2c(N(C)CC3CCN(C)CC3)nc(N)nc2s1. The molecule has 114 valence electrons. The Balaban J connectivity index is 1.82. The molecule has 0 amide bonds. The summed E-state index contributed by atoms with van der Waals surface area (Å²) in [7, 11) is 4.31. The number of fused-ring (bicyclic) bond motifs is 1. The van der Waals surface area contributed by atoms with Crippen molar-refractivity contribution < 1.29 is 0 Å². The molecule has 0 spiro atoms. The number of aromatic nitrogens is 2. The zero-order valence-electron chi connectivity index (χ0n) is 13.0. The Bertz CT molecular complexity index is 630. The van der Waals surface area contributed by atoms with Crippen LogP contribution >= 0.6 is 11.3 Å². The van der Waals surface area contributed by atoms with E-state index in [4.69, 9.17) is 5.73 Å². The van der Waals surface area contributed by atoms with Crippen molar-refractivity contribution in [2.24, 2.45) is 5.92 Å². The van der Waals surface area contributed by atoms with Gasteiger partial charge in [-0.25, -0.2) is 4.98 Å². The van der Waals surface area contributed by atoms with Crippen LogP contribution in [-0.4, -0.2) is 48.6 Å². The van der Waals surface area contributed by atoms with Gasteiger partial charge < -0.3 is 15.5 Å². The summed E-state index contributed by atoms with van der Waals surface area (Å²) in [5.74, 6) is 2.08. The highest BCUT2D eigenvalue weighted by atomic mass is 32.1. The molecular weight excluding hydrogens is 282 g/mol. The number of nitrogens with zero attached hydrogens (tertiary/aromatic N) is 4. The fourth-order valence-corrected chi connectivity index (χ4v) is 3.93. The Hall–Kier alpha value is -1.40. The highest BCUT2D eigenvalue weighted by molar-refractivity contribution is 7.18. The number of aryl methyl sites for hydroxylation is 1. The summed E-state index contributed by atoms with van der Waals surface area (Å²) in [6.45, 7) is 5.52. The Morgan fingerprint density at radius 1 is 1.38 bits per heavy atom. The van der Waals surface area contributed by atoms with Crippen molar-refractivity contribution in [1.82, 2.24) is 14.9 Å². The molecule has 6 heteroatoms. The van der Waals surface area contributed by atoms with Crippen LogP contribution in [-0.2, 0) is 0 Å². The molecule has 5 nitrogen and oxygen atoms in total. The van der Waals surface area contributed by atoms with Gasteiger partial charge >= 0.3 is 0 Å². The van der Waals surface area contributed by atoms with Gasteiger partial charge in [-0.15, -0.1) is 11.3 Å². The van der Waals surface area contributed by atoms with Gasteiger partial charge in [0.25, 0.3) is 0 Å². The van der Waals surface area contributed by atoms with Crippen LogP contribution in [0, 0.1) is 12.8 Å². The maximum Gasteiger partial charge on any atom is 0.223 e. The largest absolute Gasteiger partial charge is 0.368 e. The number of hydrogen-bond donors (Lipinski definition) is 1. The normalized spacial score (nSPS) is 17.5. The zero-order valence-corrected chi connectivity index (χ0v) is 13.8. The first kappa shape index (κ1) is 14.5. The molecule has 3 rings (SSSR count). The lowest BCUT2D eigenvalue weighted by atomic mass is 9.96. The van der Waals surface area contributed by atoms with E-state index in [9.17, 15) is 0 Å². The molecule has 0 unspecified atom stereocenters. The Morgan fingerprint density at radius 2 is 2.10 bits per heavy atom. The first-order valence-electron chi connectivity index (χ1n) is 7.46. The predicted octanol–water partition coefficient (Wildman–Crippen LogP) is 2.36. The number of likely N-dealkylation sites (tertiary alicyclic amines) is 1. The summed E-state index contributed by atoms with van der Waals surface area (Å²) < 4.78 is 0. The molecule has 3 heterocycles. The summed E-state index contributed by atoms with van der Waals surface area (Å²) >= 11 is 1.68. The molecule has 0 aliphatic carbocycles. The van der Waals surface area contributed by atoms with Gasteiger partial charge in [0.15, 0.2) is 0 Å². The summed E-state index contributed by atoms with van der Waals surface area (Å²) in [5.41, 5.74) is 5.87. The molecule has 0 radical (unpaired) electrons. The number of nitrogen functional groups attached to an aromatic ring is 1. The summed E-state index contributed by atoms with van der Waals surface area (Å²) in [5, 5.41) is 1.13. The maximum atomic E-state index is 5.87. The van der Waals surface area contributed by atoms with E-state index in [1.54, 1.807) is 11.3 Å². The third-order valence-corrected chi connectivity index (χ3v) is 5.19. The van der Waals surface area contributed by atoms with Crippen molar-refractivity contribution in [3.8, 4) is 0 Å². The molecule has 2 N–H and O–H groups in total. The topological polar surface area (TPSA) is 58.3 Å². The number of hydrogen-bond acceptors (Lipinski definition) is 6. The van der Waals surface area contributed by atoms with Crippen LogP contribution in [0.25, 0.3) is 10.2 Å². The molecule has 0 aromatic carbocycles. The van der Waals surface area contributed by atoms with E-state index >= 15 is 0 Å². The smallest absolute Gasteiger partial charge is 0.223 e. The Morgan fingerprint density at radius 3 is 2.81 bits per heavy atom. The van der Waals surface area contributed by atoms with Crippen LogP contribution in [0.15, 0.2) is 6.07 Å². The van der Waals surface area contributed by atoms with Gasteiger partial charge in [-0.3, -0.25) is 0 Å². The lowest BCUT2D eigenvalue weighted by Gasteiger charge is -2.32. The molecule has 1 aliphatic rings. The van der Waals surface area contributed by atoms with Gasteiger partial charge in [0.2, 0.25) is 5.95 Å². The second-order valence-electron chi connectivity index (χ2n) is 6.11. The Labute approximate surface area is 129 Å². The van der Waals surface area contributed by atoms with Crippen LogP contribution < -0.4 is 10.6 Å². The minimum absolute atomic E-state index is 0.370. The molecule has 0 bridgehead atoms. The van der Waals surface area contributed by atoms with Gasteiger partial charge in [-0.2, -0.15) is 4.98 Å². The number of nitrogens with two attached hydrogens (primary N) is 1. The molecular formula is C15H23N5S. The van der Waals surface area contributed by atoms with Crippen LogP contribution in [0.1, 0.15) is 17.7 Å². The lowest BCUT2D eigenvalue weighted by molar-refractivity contribution is 0.222. The first-order chi connectivity index (χ1) is 10.0. The minimum Gasteiger partial charge on any atom is -0.368 e. The summed E-state index contributed by atoms with van der Waals surface area (Å²) in [6.07, 6.45) is 2.51. The van der Waals surface area contributed by atoms with Gasteiger partial charge in [0, 0.05) is 18.5 Å². The third kappa shape index (κ3) is 3.11. The van der Waals surface area contributed by atoms with Crippen molar-refractivity contribution in [3.63, 3.8) is 0 Å². The van der Waals surface area contributed by atoms with E-state index in [1.165, 1.54) is 30.8 Å². The zero-order chi connectivity index (χ0) is 15.0. The van der Waals surface area contributed by atoms with Crippen LogP contribution in [0.4, 0.5) is 11.8 Å². The Kier molecular flexibility index (Phi) is 3.99. The molecule has 0 saturated carbocycles. The molecule has 1 aliphatic heterocycles. The summed E-state index contributed by atoms with van der Waals surface area (Å²) in [4.78, 5) is 15.7. The van der Waals surface area contributed by atoms with Crippen molar-refractivity contribution in [3.05, 3.63) is 10.9 Å². The van der Waals surface area contributed by atoms with E-state index in [-0.39, 0.29) is 0 Å². The van der Waals surface area contributed by atoms with E-state index in [0.717, 1.165) is 28.5 Å². The molecule has 2 aromatic rings. The average molecular weight is 305 g/mol. The number of rotatable bonds is 3. The standard InChI is InChI=1S/C15H23N5S/c1-10-8-12-13(17-15(16)18-14(12)21-10)20(3)9-11-4-6-19(2)7-5-11/h8,11H,4-7,9H2,1-3H3,(H2,16,17,18). The van der Waals surface area contributed by atoms with Gasteiger partial charge in [-0.05, 0) is 51.9 Å². The fourth-order valence-electron chi connectivity index (χ4n) is 3.05. The van der Waals surface area contributed by atoms with Crippen molar-refractivity contribution >= 4 is 33.3 Å². The predicted molar refractivity (Wildman–Crippen MR) is 90.1 cm³/mol. The highest BCUT2D eigenvalue weighted by Gasteiger charge is 2.20. The van der Waals surface area contributed by atoms with Gasteiger partial charge in [0.1, 0.15) is 10.6 Å². The van der Waals surface area contributed by atoms with E-state index in [0.29, 0.717) is 5.95 Å². The van der Waals surface area contributed by atoms with Crippen LogP contribution in [0.3, 0.4) is 0 Å². The quantitative estimate of drug-likeness (QED) is 0.943. The highest BCUT2D eigenvalue weighted by Crippen LogP contribution is 2.31. The van der Waals surface area contributed by atoms with Crippen molar-refractivity contribution in [2.75, 3.05) is 44.4 Å². The average Bonchev–Trinajstić information content (AvgIpc) is 2.80. The second kappa shape index (κ2) is 5.77. The second-order valence-corrected chi connectivity index (χ2v) is 7.34. The van der Waals surface area contributed by atoms with Gasteiger partial charge in [0.05, 0.1) is 5.39 Å². The third-order valence-electron chi connectivity index (χ3n) is 4.24. The molecule has 0 atom stereocenters. The fraction of sp³-hybridized carbons (Fsp3) is 0.600. The molecule has 21 heavy (non-hydrogen) atoms. The van der Waals surface area contributed by atoms with Gasteiger partial charge in [-0.1, -0.05) is 0 Å². The number of anilines is 2. The van der Waals surface area contributed by atoms with Crippen molar-refractivity contribution in [1.29, 1.82) is 0 Å². The first-order valence-corrected chi connectivity index (χ1v) is 8.28. The number of piperidine rings is 1. The van der Waals surface area contributed by atoms with Crippen LogP contribution in [0.2, 0.25) is 0 Å². The van der Waals surface area contributed by atoms with Crippen LogP contribution in [0.5, 0.6) is 0 Å². The number of thiophene rings is 1. The molecule has 1 saturated heterocycles. The molecule has 1 fully saturated rings. The van der Waals surface area contributed by atoms with Crippen molar-refractivity contribution in [2.45, 2.75) is 19.8 Å². The minimum atomic E-state index is 0.370. The lowest BCUT2D eigenvalue weighted by Crippen LogP contribution is -2.36. The van der Waals surface area contributed by atoms with E-state index in [2.05, 4.69) is 46.9 Å². The van der Waals surface area contributed by atoms with E-state index in [1.807, 2.05) is 0 Å². The summed E-state index contributed by atoms with van der Waals surface area (Å²) in [6, 6.07) is 2.17. The van der Waals surface area contributed by atoms with E-state index < -0.39 is 0 Å². The maximum absolute atomic E-state index is 5.87. The monoisotopic (exact) mass is 305 g/mol. The molecule has 2 aromatic heterocycles.